The molecule has 2 N–H and O–H groups in total. The summed E-state index contributed by atoms with van der Waals surface area (Å²) in [5.74, 6) is 0.944. The maximum absolute atomic E-state index is 6.08. The molecule has 1 aromatic heterocycles. The molecule has 0 spiro atoms. The van der Waals surface area contributed by atoms with Gasteiger partial charge in [0.2, 0.25) is 0 Å². The van der Waals surface area contributed by atoms with Gasteiger partial charge in [0.25, 0.3) is 0 Å². The molecule has 2 heterocycles. The first kappa shape index (κ1) is 24.7. The lowest BCUT2D eigenvalue weighted by Gasteiger charge is -2.33. The van der Waals surface area contributed by atoms with Gasteiger partial charge in [0.05, 0.1) is 11.1 Å². The van der Waals surface area contributed by atoms with Gasteiger partial charge in [0.1, 0.15) is 0 Å². The Balaban J connectivity index is 0.00000300. The second kappa shape index (κ2) is 14.5. The molecule has 1 aliphatic carbocycles. The molecule has 5 nitrogen and oxygen atoms in total. The molecule has 3 rings (SSSR count). The van der Waals surface area contributed by atoms with Crippen molar-refractivity contribution >= 4 is 46.3 Å². The molecule has 0 aromatic carbocycles. The van der Waals surface area contributed by atoms with Gasteiger partial charge in [-0.25, -0.2) is 0 Å². The first-order chi connectivity index (χ1) is 13.8. The Hall–Kier alpha value is -0.540. The summed E-state index contributed by atoms with van der Waals surface area (Å²) in [6.45, 7) is 4.10. The average Bonchev–Trinajstić information content (AvgIpc) is 3.14. The highest BCUT2D eigenvalue weighted by Gasteiger charge is 2.20. The van der Waals surface area contributed by atoms with Gasteiger partial charge in [-0.3, -0.25) is 4.99 Å². The summed E-state index contributed by atoms with van der Waals surface area (Å²) in [5, 5.41) is 10.6. The van der Waals surface area contributed by atoms with Crippen LogP contribution in [0.4, 0.5) is 5.00 Å². The molecular weight excluding hydrogens is 495 g/mol. The number of hydrogen-bond acceptors (Lipinski definition) is 4. The molecule has 1 aromatic rings. The van der Waals surface area contributed by atoms with Crippen molar-refractivity contribution in [2.75, 3.05) is 38.2 Å². The van der Waals surface area contributed by atoms with E-state index in [0.29, 0.717) is 12.1 Å². The van der Waals surface area contributed by atoms with Crippen molar-refractivity contribution in [3.63, 3.8) is 0 Å². The lowest BCUT2D eigenvalue weighted by molar-refractivity contribution is 0.0411. The van der Waals surface area contributed by atoms with Crippen LogP contribution in [0, 0.1) is 0 Å². The molecule has 29 heavy (non-hydrogen) atoms. The highest BCUT2D eigenvalue weighted by molar-refractivity contribution is 14.0. The molecule has 7 heteroatoms. The fraction of sp³-hybridized carbons (Fsp3) is 0.773. The van der Waals surface area contributed by atoms with Crippen molar-refractivity contribution in [3.05, 3.63) is 17.5 Å². The monoisotopic (exact) mass is 534 g/mol. The minimum atomic E-state index is 0. The van der Waals surface area contributed by atoms with Crippen molar-refractivity contribution in [2.45, 2.75) is 76.4 Å². The van der Waals surface area contributed by atoms with Crippen LogP contribution in [-0.2, 0) is 4.74 Å². The van der Waals surface area contributed by atoms with Gasteiger partial charge in [-0.05, 0) is 56.0 Å². The number of ether oxygens (including phenoxy) is 1. The third kappa shape index (κ3) is 9.00. The number of hydrogen-bond donors (Lipinski definition) is 2. The van der Waals surface area contributed by atoms with Gasteiger partial charge < -0.3 is 20.3 Å². The van der Waals surface area contributed by atoms with Crippen molar-refractivity contribution in [1.29, 1.82) is 0 Å². The zero-order chi connectivity index (χ0) is 19.4. The predicted molar refractivity (Wildman–Crippen MR) is 136 cm³/mol. The molecule has 166 valence electrons. The largest absolute Gasteiger partial charge is 0.378 e. The first-order valence-corrected chi connectivity index (χ1v) is 12.1. The summed E-state index contributed by atoms with van der Waals surface area (Å²) in [4.78, 5) is 6.90. The molecule has 0 amide bonds. The fourth-order valence-corrected chi connectivity index (χ4v) is 4.96. The molecule has 0 atom stereocenters. The van der Waals surface area contributed by atoms with E-state index in [1.54, 1.807) is 0 Å². The van der Waals surface area contributed by atoms with Crippen molar-refractivity contribution < 1.29 is 4.74 Å². The van der Waals surface area contributed by atoms with E-state index in [-0.39, 0.29) is 24.0 Å². The minimum Gasteiger partial charge on any atom is -0.378 e. The topological polar surface area (TPSA) is 48.9 Å². The molecule has 0 radical (unpaired) electrons. The Morgan fingerprint density at radius 2 is 1.90 bits per heavy atom. The zero-order valence-electron chi connectivity index (χ0n) is 17.9. The van der Waals surface area contributed by atoms with Gasteiger partial charge in [0.15, 0.2) is 5.96 Å². The normalized spacial score (nSPS) is 19.5. The Morgan fingerprint density at radius 3 is 2.55 bits per heavy atom. The lowest BCUT2D eigenvalue weighted by Crippen LogP contribution is -2.48. The van der Waals surface area contributed by atoms with Crippen molar-refractivity contribution in [1.82, 2.24) is 10.6 Å². The molecular formula is C22H39IN4OS. The Labute approximate surface area is 198 Å². The molecule has 0 unspecified atom stereocenters. The van der Waals surface area contributed by atoms with E-state index in [4.69, 9.17) is 4.74 Å². The van der Waals surface area contributed by atoms with Gasteiger partial charge in [0, 0.05) is 39.3 Å². The average molecular weight is 535 g/mol. The van der Waals surface area contributed by atoms with E-state index in [2.05, 4.69) is 38.0 Å². The predicted octanol–water partition coefficient (Wildman–Crippen LogP) is 5.02. The first-order valence-electron chi connectivity index (χ1n) is 11.2. The molecule has 1 aliphatic heterocycles. The fourth-order valence-electron chi connectivity index (χ4n) is 4.17. The third-order valence-corrected chi connectivity index (χ3v) is 6.83. The standard InChI is InChI=1S/C22H38N4OS.HI/c1-23-22(24-14-6-7-17-27-20-9-4-2-3-5-10-20)25-19-12-15-26(16-13-19)21-11-8-18-28-21;/h8,11,18-20H,2-7,9-10,12-17H2,1H3,(H2,23,24,25);1H. The van der Waals surface area contributed by atoms with Crippen LogP contribution in [0.2, 0.25) is 0 Å². The summed E-state index contributed by atoms with van der Waals surface area (Å²) < 4.78 is 6.08. The number of piperidine rings is 1. The van der Waals surface area contributed by atoms with Crippen LogP contribution in [-0.4, -0.2) is 51.4 Å². The lowest BCUT2D eigenvalue weighted by atomic mass is 10.1. The summed E-state index contributed by atoms with van der Waals surface area (Å²) in [6.07, 6.45) is 13.1. The maximum Gasteiger partial charge on any atom is 0.191 e. The van der Waals surface area contributed by atoms with Crippen LogP contribution in [0.3, 0.4) is 0 Å². The second-order valence-corrected chi connectivity index (χ2v) is 8.97. The van der Waals surface area contributed by atoms with Gasteiger partial charge in [-0.15, -0.1) is 35.3 Å². The van der Waals surface area contributed by atoms with Crippen LogP contribution in [0.1, 0.15) is 64.2 Å². The van der Waals surface area contributed by atoms with Crippen LogP contribution in [0.5, 0.6) is 0 Å². The Kier molecular flexibility index (Phi) is 12.3. The number of anilines is 1. The molecule has 2 aliphatic rings. The highest BCUT2D eigenvalue weighted by atomic mass is 127. The summed E-state index contributed by atoms with van der Waals surface area (Å²) in [6, 6.07) is 4.87. The summed E-state index contributed by atoms with van der Waals surface area (Å²) in [5.41, 5.74) is 0. The van der Waals surface area contributed by atoms with Crippen LogP contribution in [0.25, 0.3) is 0 Å². The quantitative estimate of drug-likeness (QED) is 0.162. The van der Waals surface area contributed by atoms with E-state index < -0.39 is 0 Å². The number of nitrogens with one attached hydrogen (secondary N) is 2. The number of aliphatic imine (C=N–C) groups is 1. The molecule has 0 bridgehead atoms. The number of unbranched alkanes of at least 4 members (excludes halogenated alkanes) is 1. The van der Waals surface area contributed by atoms with E-state index in [1.165, 1.54) is 43.5 Å². The highest BCUT2D eigenvalue weighted by Crippen LogP contribution is 2.24. The van der Waals surface area contributed by atoms with Crippen molar-refractivity contribution in [3.8, 4) is 0 Å². The smallest absolute Gasteiger partial charge is 0.191 e. The Bertz CT molecular complexity index is 553. The molecule has 1 saturated heterocycles. The zero-order valence-corrected chi connectivity index (χ0v) is 21.1. The minimum absolute atomic E-state index is 0. The van der Waals surface area contributed by atoms with Crippen molar-refractivity contribution in [2.24, 2.45) is 4.99 Å². The number of halogens is 1. The summed E-state index contributed by atoms with van der Waals surface area (Å²) >= 11 is 1.84. The number of nitrogens with zero attached hydrogens (tertiary/aromatic N) is 2. The van der Waals surface area contributed by atoms with E-state index in [0.717, 1.165) is 57.9 Å². The maximum atomic E-state index is 6.08. The number of guanidine groups is 1. The van der Waals surface area contributed by atoms with Gasteiger partial charge in [-0.2, -0.15) is 0 Å². The molecule has 1 saturated carbocycles. The van der Waals surface area contributed by atoms with E-state index >= 15 is 0 Å². The van der Waals surface area contributed by atoms with E-state index in [1.807, 2.05) is 18.4 Å². The van der Waals surface area contributed by atoms with Crippen LogP contribution < -0.4 is 15.5 Å². The molecule has 2 fully saturated rings. The van der Waals surface area contributed by atoms with Gasteiger partial charge >= 0.3 is 0 Å². The second-order valence-electron chi connectivity index (χ2n) is 8.05. The Morgan fingerprint density at radius 1 is 1.14 bits per heavy atom. The van der Waals surface area contributed by atoms with Crippen LogP contribution >= 0.6 is 35.3 Å². The SMILES string of the molecule is CN=C(NCCCCOC1CCCCCC1)NC1CCN(c2cccs2)CC1.I. The number of thiophene rings is 1. The third-order valence-electron chi connectivity index (χ3n) is 5.90. The van der Waals surface area contributed by atoms with Gasteiger partial charge in [-0.1, -0.05) is 25.7 Å². The van der Waals surface area contributed by atoms with E-state index in [9.17, 15) is 0 Å². The number of rotatable bonds is 8. The summed E-state index contributed by atoms with van der Waals surface area (Å²) in [7, 11) is 1.87. The van der Waals surface area contributed by atoms with Crippen LogP contribution in [0.15, 0.2) is 22.5 Å².